The minimum atomic E-state index is -5.35. The Kier molecular flexibility index (Phi) is 14.9. The predicted molar refractivity (Wildman–Crippen MR) is 250 cm³/mol. The van der Waals surface area contributed by atoms with Crippen LogP contribution in [0, 0.1) is 0 Å². The lowest BCUT2D eigenvalue weighted by Gasteiger charge is -2.38. The number of aliphatic hydroxyl groups excluding tert-OH is 3. The molecule has 12 N–H and O–H groups in total. The van der Waals surface area contributed by atoms with Crippen molar-refractivity contribution in [1.29, 1.82) is 0 Å². The van der Waals surface area contributed by atoms with Gasteiger partial charge in [0.25, 0.3) is 0 Å². The first-order chi connectivity index (χ1) is 35.3. The molecule has 4 aliphatic heterocycles. The molecule has 0 spiro atoms. The minimum absolute atomic E-state index is 0.0156. The number of hydrogen-bond acceptors (Lipinski definition) is 28. The second-order valence-corrected chi connectivity index (χ2v) is 24.0. The van der Waals surface area contributed by atoms with Gasteiger partial charge >= 0.3 is 22.4 Å². The van der Waals surface area contributed by atoms with Gasteiger partial charge in [0.1, 0.15) is 83.6 Å². The molecule has 0 amide bonds. The Hall–Kier alpha value is -4.48. The monoisotopic (exact) mass is 1120 g/mol. The number of fused-ring (bicyclic) bond motifs is 4. The molecule has 6 aromatic rings. The molecule has 6 unspecified atom stereocenters. The second kappa shape index (κ2) is 20.8. The topological polar surface area (TPSA) is 461 Å². The van der Waals surface area contributed by atoms with Crippen molar-refractivity contribution in [3.63, 3.8) is 0 Å². The van der Waals surface area contributed by atoms with Gasteiger partial charge in [0.05, 0.1) is 51.1 Å². The highest BCUT2D eigenvalue weighted by Crippen LogP contribution is 2.57. The number of anilines is 3. The number of nitrogen functional groups attached to an aromatic ring is 3. The third kappa shape index (κ3) is 10.2. The van der Waals surface area contributed by atoms with Crippen molar-refractivity contribution in [2.45, 2.75) is 86.0 Å². The molecule has 0 radical (unpaired) electrons. The predicted octanol–water partition coefficient (Wildman–Crippen LogP) is -0.317. The molecule has 402 valence electrons. The number of phosphoric ester groups is 2. The molecule has 0 aromatic carbocycles. The van der Waals surface area contributed by atoms with Crippen molar-refractivity contribution < 1.29 is 90.0 Å². The highest BCUT2D eigenvalue weighted by molar-refractivity contribution is 8.54. The summed E-state index contributed by atoms with van der Waals surface area (Å²) >= 11 is 0.458. The van der Waals surface area contributed by atoms with Crippen LogP contribution < -0.4 is 17.2 Å². The van der Waals surface area contributed by atoms with Crippen LogP contribution in [0.25, 0.3) is 33.5 Å². The van der Waals surface area contributed by atoms with Crippen molar-refractivity contribution in [2.75, 3.05) is 63.1 Å². The van der Waals surface area contributed by atoms with E-state index in [0.29, 0.717) is 34.7 Å². The van der Waals surface area contributed by atoms with Crippen molar-refractivity contribution in [3.05, 3.63) is 43.9 Å². The lowest BCUT2D eigenvalue weighted by atomic mass is 9.89. The van der Waals surface area contributed by atoms with Gasteiger partial charge in [-0.25, -0.2) is 53.6 Å². The summed E-state index contributed by atoms with van der Waals surface area (Å²) in [6, 6.07) is 1.56. The molecule has 10 heterocycles. The van der Waals surface area contributed by atoms with Gasteiger partial charge in [0, 0.05) is 25.7 Å². The van der Waals surface area contributed by atoms with Gasteiger partial charge in [-0.15, -0.1) is 0 Å². The number of rotatable bonds is 20. The quantitative estimate of drug-likeness (QED) is 0.0442. The maximum atomic E-state index is 14.1. The number of nitrogens with zero attached hydrogens (tertiary/aromatic N) is 11. The van der Waals surface area contributed by atoms with Crippen molar-refractivity contribution in [1.82, 2.24) is 53.6 Å². The molecular formula is C37H49N14O19P3S. The van der Waals surface area contributed by atoms with Crippen LogP contribution in [-0.2, 0) is 60.0 Å². The van der Waals surface area contributed by atoms with Crippen LogP contribution in [0.4, 0.5) is 17.3 Å². The summed E-state index contributed by atoms with van der Waals surface area (Å²) < 4.78 is 103. The Balaban J connectivity index is 0.880. The Morgan fingerprint density at radius 3 is 1.97 bits per heavy atom. The van der Waals surface area contributed by atoms with Crippen molar-refractivity contribution >= 4 is 84.6 Å². The molecule has 0 aliphatic carbocycles. The van der Waals surface area contributed by atoms with E-state index in [4.69, 9.17) is 63.5 Å². The van der Waals surface area contributed by atoms with Crippen LogP contribution in [0.3, 0.4) is 0 Å². The summed E-state index contributed by atoms with van der Waals surface area (Å²) in [4.78, 5) is 66.5. The van der Waals surface area contributed by atoms with E-state index in [2.05, 4.69) is 39.9 Å². The Morgan fingerprint density at radius 1 is 0.730 bits per heavy atom. The maximum absolute atomic E-state index is 14.1. The number of phosphoric acid groups is 2. The molecule has 33 nitrogen and oxygen atoms in total. The van der Waals surface area contributed by atoms with Crippen molar-refractivity contribution in [3.8, 4) is 0 Å². The molecule has 4 fully saturated rings. The zero-order valence-corrected chi connectivity index (χ0v) is 41.9. The number of hydrogen-bond donors (Lipinski definition) is 9. The van der Waals surface area contributed by atoms with E-state index >= 15 is 0 Å². The minimum Gasteiger partial charge on any atom is -0.397 e. The van der Waals surface area contributed by atoms with Gasteiger partial charge in [0.15, 0.2) is 47.3 Å². The summed E-state index contributed by atoms with van der Waals surface area (Å²) in [5, 5.41) is 32.6. The van der Waals surface area contributed by atoms with Crippen LogP contribution >= 0.6 is 33.8 Å². The number of imidazole rings is 3. The number of methoxy groups -OCH3 is 1. The molecule has 4 aliphatic rings. The standard InChI is InChI=1S/C37H49N14O19P3S/c1-61-25-19(10-64-73(59,60)74-8-6-52)67-36(51-16-48-22-30(40)43-13-45-33(22)51)27(25)70-71(55,56)63-9-18-23(53)26(35(66-18)50-15-47-21-29(39)42-12-44-32(21)50)69-72(57,58)65-11-37-4-2-7-62-28(37)24(54)34(68-37)49-14-46-20-17(38)3-5-41-31(20)49/h3,5,12-16,18-19,23-28,34-36,52-54H,2,4,6-11H2,1H3,(H2,38,41)(H,55,56)(H,57,58)(H,59,60)(H2,39,42,44)(H2,40,43,45)/t18-,19-,23?,24+,25?,26+,27+,28?,34-,35-,36-,37-/m1/s1. The molecule has 4 saturated heterocycles. The molecular weight excluding hydrogens is 1070 g/mol. The fraction of sp³-hybridized carbons (Fsp3) is 0.568. The van der Waals surface area contributed by atoms with Crippen LogP contribution in [-0.4, -0.2) is 184 Å². The third-order valence-corrected chi connectivity index (χ3v) is 17.6. The first kappa shape index (κ1) is 52.9. The van der Waals surface area contributed by atoms with Gasteiger partial charge in [-0.2, -0.15) is 0 Å². The van der Waals surface area contributed by atoms with Gasteiger partial charge in [-0.1, -0.05) is 0 Å². The van der Waals surface area contributed by atoms with Crippen molar-refractivity contribution in [2.24, 2.45) is 0 Å². The van der Waals surface area contributed by atoms with E-state index in [1.54, 1.807) is 6.07 Å². The first-order valence-electron chi connectivity index (χ1n) is 22.3. The maximum Gasteiger partial charge on any atom is 0.472 e. The number of aromatic nitrogens is 11. The number of nitrogens with two attached hydrogens (primary N) is 3. The smallest absolute Gasteiger partial charge is 0.397 e. The van der Waals surface area contributed by atoms with Gasteiger partial charge in [-0.05, 0) is 30.3 Å². The van der Waals surface area contributed by atoms with Gasteiger partial charge in [-0.3, -0.25) is 36.3 Å². The summed E-state index contributed by atoms with van der Waals surface area (Å²) in [5.74, 6) is -0.194. The van der Waals surface area contributed by atoms with E-state index in [-0.39, 0.29) is 52.7 Å². The largest absolute Gasteiger partial charge is 0.472 e. The van der Waals surface area contributed by atoms with Crippen LogP contribution in [0.15, 0.2) is 43.9 Å². The lowest BCUT2D eigenvalue weighted by molar-refractivity contribution is -0.165. The first-order valence-corrected chi connectivity index (χ1v) is 28.5. The van der Waals surface area contributed by atoms with E-state index in [0.717, 1.165) is 12.7 Å². The Bertz CT molecular complexity index is 3160. The third-order valence-electron chi connectivity index (χ3n) is 12.6. The van der Waals surface area contributed by atoms with E-state index in [9.17, 15) is 43.7 Å². The van der Waals surface area contributed by atoms with Gasteiger partial charge < -0.3 is 70.9 Å². The van der Waals surface area contributed by atoms with Gasteiger partial charge in [0.2, 0.25) is 0 Å². The SMILES string of the molecule is COC1[C@@H](COP(=O)(O)SCCO)O[C@@H](n2cnc3c(N)ncnc32)[C@H]1OP(=O)(O)OC[C@H]1O[C@@H](n2cnc3c(N)ncnc32)[C@@H](OP(=O)(O)OC[C@]23CCCOC2[C@H](O)[C@H](n2cnc4c(N)ccnc42)O3)C1O. The molecule has 0 bridgehead atoms. The molecule has 15 atom stereocenters. The van der Waals surface area contributed by atoms with Crippen LogP contribution in [0.1, 0.15) is 31.5 Å². The molecule has 6 aromatic heterocycles. The summed E-state index contributed by atoms with van der Waals surface area (Å²) in [7, 11) is -9.46. The average Bonchev–Trinajstić information content (AvgIpc) is 4.24. The number of aliphatic hydroxyl groups is 3. The summed E-state index contributed by atoms with van der Waals surface area (Å²) in [6.45, 7) is -6.79. The van der Waals surface area contributed by atoms with Crippen LogP contribution in [0.2, 0.25) is 0 Å². The molecule has 10 rings (SSSR count). The fourth-order valence-corrected chi connectivity index (χ4v) is 13.3. The fourth-order valence-electron chi connectivity index (χ4n) is 9.28. The van der Waals surface area contributed by atoms with E-state index < -0.39 is 122 Å². The van der Waals surface area contributed by atoms with Crippen LogP contribution in [0.5, 0.6) is 0 Å². The highest BCUT2D eigenvalue weighted by Gasteiger charge is 2.59. The Morgan fingerprint density at radius 2 is 1.31 bits per heavy atom. The lowest BCUT2D eigenvalue weighted by Crippen LogP contribution is -2.51. The number of pyridine rings is 1. The summed E-state index contributed by atoms with van der Waals surface area (Å²) in [5.41, 5.74) is 17.9. The highest BCUT2D eigenvalue weighted by atomic mass is 32.7. The van der Waals surface area contributed by atoms with E-state index in [1.165, 1.54) is 46.0 Å². The zero-order chi connectivity index (χ0) is 52.3. The Labute approximate surface area is 420 Å². The average molecular weight is 1120 g/mol. The van der Waals surface area contributed by atoms with E-state index in [1.807, 2.05) is 0 Å². The summed E-state index contributed by atoms with van der Waals surface area (Å²) in [6.07, 6.45) is -8.17. The second-order valence-electron chi connectivity index (χ2n) is 17.1. The number of ether oxygens (including phenoxy) is 5. The normalized spacial score (nSPS) is 31.7. The molecule has 37 heteroatoms. The molecule has 74 heavy (non-hydrogen) atoms. The zero-order valence-electron chi connectivity index (χ0n) is 38.4. The molecule has 0 saturated carbocycles.